The first-order valence-corrected chi connectivity index (χ1v) is 7.14. The molecule has 1 saturated carbocycles. The lowest BCUT2D eigenvalue weighted by molar-refractivity contribution is 0.295. The van der Waals surface area contributed by atoms with Gasteiger partial charge in [0.15, 0.2) is 0 Å². The van der Waals surface area contributed by atoms with Crippen molar-refractivity contribution in [3.63, 3.8) is 0 Å². The lowest BCUT2D eigenvalue weighted by Crippen LogP contribution is -2.25. The Morgan fingerprint density at radius 2 is 1.88 bits per heavy atom. The summed E-state index contributed by atoms with van der Waals surface area (Å²) in [7, 11) is 0. The number of nitrogens with one attached hydrogen (secondary N) is 1. The zero-order chi connectivity index (χ0) is 11.7. The molecule has 1 heterocycles. The van der Waals surface area contributed by atoms with E-state index in [1.807, 2.05) is 0 Å². The molecule has 0 aromatic heterocycles. The van der Waals surface area contributed by atoms with E-state index in [0.29, 0.717) is 5.41 Å². The van der Waals surface area contributed by atoms with Gasteiger partial charge in [-0.25, -0.2) is 0 Å². The minimum absolute atomic E-state index is 0.591. The summed E-state index contributed by atoms with van der Waals surface area (Å²) in [6, 6.07) is 9.37. The summed E-state index contributed by atoms with van der Waals surface area (Å²) in [4.78, 5) is 0. The van der Waals surface area contributed by atoms with E-state index < -0.39 is 0 Å². The highest BCUT2D eigenvalue weighted by atomic mass is 14.9. The first-order chi connectivity index (χ1) is 8.34. The van der Waals surface area contributed by atoms with Crippen molar-refractivity contribution in [1.29, 1.82) is 0 Å². The zero-order valence-electron chi connectivity index (χ0n) is 10.8. The fourth-order valence-electron chi connectivity index (χ4n) is 3.87. The van der Waals surface area contributed by atoms with Crippen LogP contribution in [0, 0.1) is 5.41 Å². The molecule has 1 aliphatic heterocycles. The van der Waals surface area contributed by atoms with Crippen LogP contribution in [0.25, 0.3) is 0 Å². The average Bonchev–Trinajstić information content (AvgIpc) is 3.01. The van der Waals surface area contributed by atoms with E-state index in [1.165, 1.54) is 44.3 Å². The Hall–Kier alpha value is -0.820. The van der Waals surface area contributed by atoms with Crippen LogP contribution in [0.4, 0.5) is 0 Å². The molecule has 1 aromatic rings. The Kier molecular flexibility index (Phi) is 2.96. The first kappa shape index (κ1) is 11.3. The Bertz CT molecular complexity index is 368. The fraction of sp³-hybridized carbons (Fsp3) is 0.625. The monoisotopic (exact) mass is 229 g/mol. The average molecular weight is 229 g/mol. The van der Waals surface area contributed by atoms with Crippen LogP contribution in [0.15, 0.2) is 24.3 Å². The molecule has 3 rings (SSSR count). The highest BCUT2D eigenvalue weighted by Gasteiger charge is 2.44. The zero-order valence-corrected chi connectivity index (χ0v) is 10.8. The number of benzene rings is 1. The van der Waals surface area contributed by atoms with Crippen LogP contribution in [0.1, 0.15) is 49.7 Å². The van der Waals surface area contributed by atoms with Crippen molar-refractivity contribution in [2.24, 2.45) is 5.41 Å². The van der Waals surface area contributed by atoms with E-state index in [4.69, 9.17) is 0 Å². The van der Waals surface area contributed by atoms with Gasteiger partial charge in [-0.2, -0.15) is 0 Å². The van der Waals surface area contributed by atoms with Crippen LogP contribution >= 0.6 is 0 Å². The Morgan fingerprint density at radius 3 is 2.53 bits per heavy atom. The SMILES string of the molecule is CCc1ccc(C2CNCC23CCCC3)cc1. The van der Waals surface area contributed by atoms with Gasteiger partial charge in [-0.1, -0.05) is 44.0 Å². The van der Waals surface area contributed by atoms with Crippen LogP contribution in [0.3, 0.4) is 0 Å². The van der Waals surface area contributed by atoms with E-state index in [-0.39, 0.29) is 0 Å². The van der Waals surface area contributed by atoms with Gasteiger partial charge in [-0.3, -0.25) is 0 Å². The van der Waals surface area contributed by atoms with Crippen molar-refractivity contribution >= 4 is 0 Å². The van der Waals surface area contributed by atoms with Crippen molar-refractivity contribution in [3.05, 3.63) is 35.4 Å². The molecule has 0 radical (unpaired) electrons. The molecular weight excluding hydrogens is 206 g/mol. The Labute approximate surface area is 105 Å². The van der Waals surface area contributed by atoms with Crippen molar-refractivity contribution in [2.45, 2.75) is 44.9 Å². The minimum Gasteiger partial charge on any atom is -0.316 e. The third kappa shape index (κ3) is 1.91. The number of aryl methyl sites for hydroxylation is 1. The van der Waals surface area contributed by atoms with E-state index in [0.717, 1.165) is 12.3 Å². The standard InChI is InChI=1S/C16H23N/c1-2-13-5-7-14(8-6-13)15-11-17-12-16(15)9-3-4-10-16/h5-8,15,17H,2-4,9-12H2,1H3. The van der Waals surface area contributed by atoms with E-state index in [1.54, 1.807) is 5.56 Å². The van der Waals surface area contributed by atoms with Gasteiger partial charge < -0.3 is 5.32 Å². The Balaban J connectivity index is 1.86. The smallest absolute Gasteiger partial charge is 0.00320 e. The molecule has 1 aliphatic carbocycles. The predicted octanol–water partition coefficient (Wildman–Crippen LogP) is 3.50. The molecule has 2 fully saturated rings. The number of rotatable bonds is 2. The maximum absolute atomic E-state index is 3.63. The summed E-state index contributed by atoms with van der Waals surface area (Å²) in [5.41, 5.74) is 3.61. The summed E-state index contributed by atoms with van der Waals surface area (Å²) >= 11 is 0. The summed E-state index contributed by atoms with van der Waals surface area (Å²) in [6.07, 6.45) is 6.88. The molecule has 1 N–H and O–H groups in total. The normalized spacial score (nSPS) is 26.8. The van der Waals surface area contributed by atoms with Crippen molar-refractivity contribution in [2.75, 3.05) is 13.1 Å². The molecule has 1 aromatic carbocycles. The molecule has 1 unspecified atom stereocenters. The highest BCUT2D eigenvalue weighted by Crippen LogP contribution is 2.50. The maximum atomic E-state index is 3.63. The maximum Gasteiger partial charge on any atom is 0.00320 e. The lowest BCUT2D eigenvalue weighted by Gasteiger charge is -2.30. The van der Waals surface area contributed by atoms with Gasteiger partial charge in [0.2, 0.25) is 0 Å². The van der Waals surface area contributed by atoms with Crippen LogP contribution in [-0.2, 0) is 6.42 Å². The molecule has 1 spiro atoms. The quantitative estimate of drug-likeness (QED) is 0.818. The van der Waals surface area contributed by atoms with Gasteiger partial charge in [-0.15, -0.1) is 0 Å². The molecule has 2 aliphatic rings. The molecule has 17 heavy (non-hydrogen) atoms. The second kappa shape index (κ2) is 4.45. The molecular formula is C16H23N. The van der Waals surface area contributed by atoms with Crippen molar-refractivity contribution < 1.29 is 0 Å². The predicted molar refractivity (Wildman–Crippen MR) is 72.3 cm³/mol. The third-order valence-electron chi connectivity index (χ3n) is 4.95. The minimum atomic E-state index is 0.591. The van der Waals surface area contributed by atoms with E-state index >= 15 is 0 Å². The molecule has 1 nitrogen and oxygen atoms in total. The van der Waals surface area contributed by atoms with Crippen LogP contribution in [-0.4, -0.2) is 13.1 Å². The van der Waals surface area contributed by atoms with Gasteiger partial charge in [0.25, 0.3) is 0 Å². The van der Waals surface area contributed by atoms with Crippen molar-refractivity contribution in [3.8, 4) is 0 Å². The van der Waals surface area contributed by atoms with Crippen LogP contribution in [0.5, 0.6) is 0 Å². The van der Waals surface area contributed by atoms with Gasteiger partial charge in [0.1, 0.15) is 0 Å². The summed E-state index contributed by atoms with van der Waals surface area (Å²) in [6.45, 7) is 4.66. The lowest BCUT2D eigenvalue weighted by atomic mass is 9.73. The topological polar surface area (TPSA) is 12.0 Å². The highest BCUT2D eigenvalue weighted by molar-refractivity contribution is 5.29. The Morgan fingerprint density at radius 1 is 1.18 bits per heavy atom. The second-order valence-corrected chi connectivity index (χ2v) is 5.85. The number of hydrogen-bond donors (Lipinski definition) is 1. The van der Waals surface area contributed by atoms with Crippen LogP contribution in [0.2, 0.25) is 0 Å². The van der Waals surface area contributed by atoms with Crippen molar-refractivity contribution in [1.82, 2.24) is 5.32 Å². The second-order valence-electron chi connectivity index (χ2n) is 5.85. The summed E-state index contributed by atoms with van der Waals surface area (Å²) < 4.78 is 0. The van der Waals surface area contributed by atoms with Crippen LogP contribution < -0.4 is 5.32 Å². The molecule has 0 bridgehead atoms. The fourth-order valence-corrected chi connectivity index (χ4v) is 3.87. The molecule has 1 atom stereocenters. The van der Waals surface area contributed by atoms with Gasteiger partial charge in [0.05, 0.1) is 0 Å². The van der Waals surface area contributed by atoms with Gasteiger partial charge in [0, 0.05) is 19.0 Å². The largest absolute Gasteiger partial charge is 0.316 e. The third-order valence-corrected chi connectivity index (χ3v) is 4.95. The molecule has 1 saturated heterocycles. The van der Waals surface area contributed by atoms with Gasteiger partial charge in [-0.05, 0) is 35.8 Å². The first-order valence-electron chi connectivity index (χ1n) is 7.14. The molecule has 0 amide bonds. The number of hydrogen-bond acceptors (Lipinski definition) is 1. The summed E-state index contributed by atoms with van der Waals surface area (Å²) in [5, 5.41) is 3.63. The summed E-state index contributed by atoms with van der Waals surface area (Å²) in [5.74, 6) is 0.760. The van der Waals surface area contributed by atoms with E-state index in [9.17, 15) is 0 Å². The molecule has 92 valence electrons. The van der Waals surface area contributed by atoms with Gasteiger partial charge >= 0.3 is 0 Å². The van der Waals surface area contributed by atoms with E-state index in [2.05, 4.69) is 36.5 Å². The molecule has 1 heteroatoms.